The Morgan fingerprint density at radius 1 is 1.23 bits per heavy atom. The van der Waals surface area contributed by atoms with Crippen LogP contribution in [0, 0.1) is 6.92 Å². The summed E-state index contributed by atoms with van der Waals surface area (Å²) in [4.78, 5) is 19.4. The van der Waals surface area contributed by atoms with Crippen molar-refractivity contribution in [3.8, 4) is 11.1 Å². The zero-order valence-electron chi connectivity index (χ0n) is 15.3. The van der Waals surface area contributed by atoms with Gasteiger partial charge in [0.1, 0.15) is 7.11 Å². The normalized spacial score (nSPS) is 19.6. The van der Waals surface area contributed by atoms with Gasteiger partial charge in [0.05, 0.1) is 24.4 Å². The number of likely N-dealkylation sites (tertiary alicyclic amines) is 1. The lowest BCUT2D eigenvalue weighted by Crippen LogP contribution is -2.41. The minimum absolute atomic E-state index is 0.103. The fourth-order valence-electron chi connectivity index (χ4n) is 3.43. The summed E-state index contributed by atoms with van der Waals surface area (Å²) in [5.74, 6) is -0.103. The van der Waals surface area contributed by atoms with Gasteiger partial charge in [-0.15, -0.1) is 0 Å². The van der Waals surface area contributed by atoms with Crippen molar-refractivity contribution in [3.63, 3.8) is 0 Å². The van der Waals surface area contributed by atoms with Crippen molar-refractivity contribution in [2.24, 2.45) is 5.16 Å². The highest BCUT2D eigenvalue weighted by Gasteiger charge is 2.36. The topological polar surface area (TPSA) is 62.1 Å². The monoisotopic (exact) mass is 352 g/mol. The second-order valence-corrected chi connectivity index (χ2v) is 6.68. The molecule has 5 nitrogen and oxygen atoms in total. The van der Waals surface area contributed by atoms with Crippen LogP contribution in [-0.2, 0) is 4.84 Å². The molecule has 1 aliphatic rings. The number of hydrogen-bond acceptors (Lipinski definition) is 4. The molecule has 3 rings (SSSR count). The molecule has 2 atom stereocenters. The summed E-state index contributed by atoms with van der Waals surface area (Å²) in [6, 6.07) is 15.5. The first-order valence-corrected chi connectivity index (χ1v) is 8.75. The highest BCUT2D eigenvalue weighted by Crippen LogP contribution is 2.25. The maximum atomic E-state index is 12.9. The van der Waals surface area contributed by atoms with Gasteiger partial charge in [0, 0.05) is 12.0 Å². The highest BCUT2D eigenvalue weighted by molar-refractivity contribution is 6.00. The number of benzene rings is 2. The van der Waals surface area contributed by atoms with Crippen LogP contribution in [0.4, 0.5) is 0 Å². The van der Waals surface area contributed by atoms with E-state index in [0.717, 1.165) is 16.8 Å². The Hall–Kier alpha value is -2.66. The molecule has 0 unspecified atom stereocenters. The number of oxime groups is 1. The lowest BCUT2D eigenvalue weighted by atomic mass is 9.99. The number of rotatable bonds is 4. The second kappa shape index (κ2) is 7.70. The Morgan fingerprint density at radius 3 is 2.54 bits per heavy atom. The van der Waals surface area contributed by atoms with E-state index in [1.807, 2.05) is 36.4 Å². The number of carbonyl (C=O) groups excluding carboxylic acids is 1. The minimum atomic E-state index is -0.630. The maximum Gasteiger partial charge on any atom is 0.254 e. The van der Waals surface area contributed by atoms with Crippen LogP contribution in [0.3, 0.4) is 0 Å². The van der Waals surface area contributed by atoms with Crippen LogP contribution in [0.25, 0.3) is 11.1 Å². The molecule has 0 saturated carbocycles. The van der Waals surface area contributed by atoms with E-state index in [2.05, 4.69) is 24.2 Å². The lowest BCUT2D eigenvalue weighted by molar-refractivity contribution is 0.0538. The molecule has 26 heavy (non-hydrogen) atoms. The maximum absolute atomic E-state index is 12.9. The molecule has 1 fully saturated rings. The third kappa shape index (κ3) is 3.63. The van der Waals surface area contributed by atoms with Gasteiger partial charge in [0.25, 0.3) is 5.91 Å². The Balaban J connectivity index is 1.83. The van der Waals surface area contributed by atoms with Crippen LogP contribution in [0.5, 0.6) is 0 Å². The van der Waals surface area contributed by atoms with Gasteiger partial charge in [-0.05, 0) is 42.7 Å². The number of aliphatic hydroxyl groups is 1. The van der Waals surface area contributed by atoms with Gasteiger partial charge in [0.2, 0.25) is 0 Å². The zero-order valence-corrected chi connectivity index (χ0v) is 15.3. The average Bonchev–Trinajstić information content (AvgIpc) is 3.06. The van der Waals surface area contributed by atoms with Gasteiger partial charge in [-0.25, -0.2) is 0 Å². The standard InChI is InChI=1S/C21H24N2O3/c1-14-6-4-5-7-19(14)16-8-10-17(11-9-16)21(25)23-13-18(22-26-3)12-20(23)15(2)24/h4-11,15,20,24H,12-13H2,1-3H3/b22-18+/t15-,20+/m1/s1. The molecule has 1 aliphatic heterocycles. The van der Waals surface area contributed by atoms with Gasteiger partial charge in [-0.2, -0.15) is 0 Å². The Labute approximate surface area is 153 Å². The van der Waals surface area contributed by atoms with Crippen molar-refractivity contribution in [1.29, 1.82) is 0 Å². The van der Waals surface area contributed by atoms with E-state index in [4.69, 9.17) is 4.84 Å². The molecule has 1 heterocycles. The molecular formula is C21H24N2O3. The summed E-state index contributed by atoms with van der Waals surface area (Å²) in [5.41, 5.74) is 4.80. The van der Waals surface area contributed by atoms with E-state index >= 15 is 0 Å². The average molecular weight is 352 g/mol. The molecule has 1 saturated heterocycles. The van der Waals surface area contributed by atoms with E-state index in [1.54, 1.807) is 11.8 Å². The third-order valence-corrected chi connectivity index (χ3v) is 4.82. The van der Waals surface area contributed by atoms with Gasteiger partial charge >= 0.3 is 0 Å². The fraction of sp³-hybridized carbons (Fsp3) is 0.333. The van der Waals surface area contributed by atoms with Crippen molar-refractivity contribution in [2.75, 3.05) is 13.7 Å². The van der Waals surface area contributed by atoms with E-state index in [0.29, 0.717) is 18.5 Å². The van der Waals surface area contributed by atoms with Crippen molar-refractivity contribution >= 4 is 11.6 Å². The SMILES string of the molecule is CO/N=C1\C[C@@H]([C@@H](C)O)N(C(=O)c2ccc(-c3ccccc3C)cc2)C1. The highest BCUT2D eigenvalue weighted by atomic mass is 16.6. The lowest BCUT2D eigenvalue weighted by Gasteiger charge is -2.26. The summed E-state index contributed by atoms with van der Waals surface area (Å²) >= 11 is 0. The van der Waals surface area contributed by atoms with Crippen LogP contribution in [0.1, 0.15) is 29.3 Å². The van der Waals surface area contributed by atoms with Crippen molar-refractivity contribution < 1.29 is 14.7 Å². The van der Waals surface area contributed by atoms with E-state index in [-0.39, 0.29) is 11.9 Å². The number of hydrogen-bond donors (Lipinski definition) is 1. The molecular weight excluding hydrogens is 328 g/mol. The molecule has 1 amide bonds. The first-order chi connectivity index (χ1) is 12.5. The summed E-state index contributed by atoms with van der Waals surface area (Å²) < 4.78 is 0. The molecule has 0 bridgehead atoms. The zero-order chi connectivity index (χ0) is 18.7. The van der Waals surface area contributed by atoms with E-state index in [9.17, 15) is 9.90 Å². The first kappa shape index (κ1) is 18.1. The smallest absolute Gasteiger partial charge is 0.254 e. The van der Waals surface area contributed by atoms with Crippen LogP contribution < -0.4 is 0 Å². The molecule has 0 aromatic heterocycles. The third-order valence-electron chi connectivity index (χ3n) is 4.82. The van der Waals surface area contributed by atoms with Gasteiger partial charge in [-0.3, -0.25) is 4.79 Å². The van der Waals surface area contributed by atoms with E-state index in [1.165, 1.54) is 12.7 Å². The van der Waals surface area contributed by atoms with Gasteiger partial charge < -0.3 is 14.8 Å². The quantitative estimate of drug-likeness (QED) is 0.859. The van der Waals surface area contributed by atoms with Crippen LogP contribution in [-0.4, -0.2) is 47.4 Å². The molecule has 5 heteroatoms. The van der Waals surface area contributed by atoms with E-state index < -0.39 is 6.10 Å². The Kier molecular flexibility index (Phi) is 5.38. The summed E-state index contributed by atoms with van der Waals surface area (Å²) in [5, 5.41) is 14.0. The van der Waals surface area contributed by atoms with Crippen LogP contribution in [0.15, 0.2) is 53.7 Å². The van der Waals surface area contributed by atoms with Crippen LogP contribution >= 0.6 is 0 Å². The molecule has 2 aromatic carbocycles. The Morgan fingerprint density at radius 2 is 1.92 bits per heavy atom. The second-order valence-electron chi connectivity index (χ2n) is 6.68. The number of amides is 1. The molecule has 0 aliphatic carbocycles. The predicted octanol–water partition coefficient (Wildman–Crippen LogP) is 3.26. The van der Waals surface area contributed by atoms with Crippen molar-refractivity contribution in [1.82, 2.24) is 4.90 Å². The summed E-state index contributed by atoms with van der Waals surface area (Å²) in [6.07, 6.45) is -0.104. The van der Waals surface area contributed by atoms with Gasteiger partial charge in [0.15, 0.2) is 0 Å². The van der Waals surface area contributed by atoms with Crippen molar-refractivity contribution in [2.45, 2.75) is 32.4 Å². The minimum Gasteiger partial charge on any atom is -0.399 e. The number of aryl methyl sites for hydroxylation is 1. The van der Waals surface area contributed by atoms with Gasteiger partial charge in [-0.1, -0.05) is 41.6 Å². The number of nitrogens with zero attached hydrogens (tertiary/aromatic N) is 2. The number of aliphatic hydroxyl groups excluding tert-OH is 1. The fourth-order valence-corrected chi connectivity index (χ4v) is 3.43. The number of carbonyl (C=O) groups is 1. The predicted molar refractivity (Wildman–Crippen MR) is 102 cm³/mol. The first-order valence-electron chi connectivity index (χ1n) is 8.75. The Bertz CT molecular complexity index is 812. The summed E-state index contributed by atoms with van der Waals surface area (Å²) in [6.45, 7) is 4.15. The molecule has 2 aromatic rings. The summed E-state index contributed by atoms with van der Waals surface area (Å²) in [7, 11) is 1.49. The van der Waals surface area contributed by atoms with Crippen molar-refractivity contribution in [3.05, 3.63) is 59.7 Å². The van der Waals surface area contributed by atoms with Crippen LogP contribution in [0.2, 0.25) is 0 Å². The molecule has 0 spiro atoms. The molecule has 1 N–H and O–H groups in total. The molecule has 136 valence electrons. The largest absolute Gasteiger partial charge is 0.399 e. The molecule has 0 radical (unpaired) electrons.